The molecule has 1 aliphatic rings. The lowest BCUT2D eigenvalue weighted by molar-refractivity contribution is 0.0642. The van der Waals surface area contributed by atoms with E-state index >= 15 is 0 Å². The van der Waals surface area contributed by atoms with Crippen molar-refractivity contribution < 1.29 is 14.0 Å². The molecule has 0 radical (unpaired) electrons. The normalized spacial score (nSPS) is 13.8. The third-order valence-corrected chi connectivity index (χ3v) is 3.03. The predicted molar refractivity (Wildman–Crippen MR) is 64.8 cm³/mol. The highest BCUT2D eigenvalue weighted by molar-refractivity contribution is 6.21. The zero-order valence-corrected chi connectivity index (χ0v) is 9.84. The van der Waals surface area contributed by atoms with E-state index in [0.29, 0.717) is 16.7 Å². The van der Waals surface area contributed by atoms with E-state index in [2.05, 4.69) is 4.98 Å². The Labute approximate surface area is 108 Å². The molecular weight excluding hydrogens is 247 g/mol. The van der Waals surface area contributed by atoms with Crippen LogP contribution in [0.4, 0.5) is 4.39 Å². The number of hydrogen-bond donors (Lipinski definition) is 0. The summed E-state index contributed by atoms with van der Waals surface area (Å²) in [7, 11) is 0. The van der Waals surface area contributed by atoms with E-state index in [1.807, 2.05) is 0 Å². The number of benzene rings is 1. The van der Waals surface area contributed by atoms with E-state index in [-0.39, 0.29) is 24.2 Å². The predicted octanol–water partition coefficient (Wildman–Crippen LogP) is 2.02. The molecule has 0 saturated heterocycles. The van der Waals surface area contributed by atoms with E-state index in [4.69, 9.17) is 0 Å². The molecule has 1 aliphatic heterocycles. The molecule has 1 aromatic heterocycles. The van der Waals surface area contributed by atoms with Gasteiger partial charge in [0.25, 0.3) is 11.8 Å². The molecule has 0 N–H and O–H groups in total. The summed E-state index contributed by atoms with van der Waals surface area (Å²) in [5.74, 6) is -1.06. The Balaban J connectivity index is 1.90. The molecule has 94 valence electrons. The van der Waals surface area contributed by atoms with Crippen molar-refractivity contribution in [3.63, 3.8) is 0 Å². The van der Waals surface area contributed by atoms with Crippen LogP contribution in [0.2, 0.25) is 0 Å². The molecule has 2 amide bonds. The molecule has 0 atom stereocenters. The number of carbonyl (C=O) groups is 2. The van der Waals surface area contributed by atoms with Crippen LogP contribution in [0, 0.1) is 5.82 Å². The maximum absolute atomic E-state index is 12.8. The van der Waals surface area contributed by atoms with Crippen molar-refractivity contribution in [3.8, 4) is 0 Å². The fourth-order valence-corrected chi connectivity index (χ4v) is 2.05. The first-order chi connectivity index (χ1) is 9.16. The van der Waals surface area contributed by atoms with Crippen LogP contribution < -0.4 is 0 Å². The Morgan fingerprint density at radius 1 is 1.00 bits per heavy atom. The topological polar surface area (TPSA) is 50.3 Å². The molecule has 4 nitrogen and oxygen atoms in total. The molecule has 0 unspecified atom stereocenters. The molecule has 5 heteroatoms. The minimum absolute atomic E-state index is 0.132. The minimum atomic E-state index is -0.363. The third kappa shape index (κ3) is 1.89. The van der Waals surface area contributed by atoms with Crippen LogP contribution in [0.25, 0.3) is 0 Å². The van der Waals surface area contributed by atoms with Crippen molar-refractivity contribution >= 4 is 11.8 Å². The van der Waals surface area contributed by atoms with Gasteiger partial charge in [0, 0.05) is 12.4 Å². The van der Waals surface area contributed by atoms with Crippen LogP contribution >= 0.6 is 0 Å². The van der Waals surface area contributed by atoms with Gasteiger partial charge in [-0.05, 0) is 23.8 Å². The van der Waals surface area contributed by atoms with Crippen molar-refractivity contribution in [2.45, 2.75) is 6.54 Å². The lowest BCUT2D eigenvalue weighted by Gasteiger charge is -2.13. The van der Waals surface area contributed by atoms with Crippen molar-refractivity contribution in [1.82, 2.24) is 9.88 Å². The zero-order valence-electron chi connectivity index (χ0n) is 9.84. The summed E-state index contributed by atoms with van der Waals surface area (Å²) in [5.41, 5.74) is 1.38. The second-order valence-electron chi connectivity index (χ2n) is 4.24. The molecule has 1 aromatic carbocycles. The van der Waals surface area contributed by atoms with Gasteiger partial charge in [0.05, 0.1) is 17.7 Å². The number of aromatic nitrogens is 1. The van der Waals surface area contributed by atoms with Crippen LogP contribution in [0.3, 0.4) is 0 Å². The molecule has 0 spiro atoms. The number of hydrogen-bond acceptors (Lipinski definition) is 3. The Hall–Kier alpha value is -2.56. The van der Waals surface area contributed by atoms with E-state index < -0.39 is 0 Å². The van der Waals surface area contributed by atoms with Gasteiger partial charge in [-0.25, -0.2) is 4.39 Å². The average molecular weight is 256 g/mol. The second-order valence-corrected chi connectivity index (χ2v) is 4.24. The lowest BCUT2D eigenvalue weighted by atomic mass is 10.2. The van der Waals surface area contributed by atoms with Gasteiger partial charge in [0.1, 0.15) is 5.82 Å². The molecule has 0 fully saturated rings. The minimum Gasteiger partial charge on any atom is -0.270 e. The molecule has 2 heterocycles. The van der Waals surface area contributed by atoms with Gasteiger partial charge in [-0.15, -0.1) is 0 Å². The zero-order chi connectivity index (χ0) is 13.4. The Kier molecular flexibility index (Phi) is 2.59. The monoisotopic (exact) mass is 256 g/mol. The van der Waals surface area contributed by atoms with Crippen molar-refractivity contribution in [1.29, 1.82) is 0 Å². The molecule has 2 aromatic rings. The molecular formula is C14H9FN2O2. The van der Waals surface area contributed by atoms with E-state index in [1.54, 1.807) is 12.1 Å². The van der Waals surface area contributed by atoms with Gasteiger partial charge in [-0.2, -0.15) is 0 Å². The Morgan fingerprint density at radius 3 is 2.37 bits per heavy atom. The number of rotatable bonds is 2. The highest BCUT2D eigenvalue weighted by atomic mass is 19.1. The third-order valence-electron chi connectivity index (χ3n) is 3.03. The molecule has 0 aliphatic carbocycles. The lowest BCUT2D eigenvalue weighted by Crippen LogP contribution is -2.29. The van der Waals surface area contributed by atoms with E-state index in [9.17, 15) is 14.0 Å². The van der Waals surface area contributed by atoms with E-state index in [1.165, 1.54) is 30.6 Å². The van der Waals surface area contributed by atoms with Gasteiger partial charge < -0.3 is 0 Å². The average Bonchev–Trinajstić information content (AvgIpc) is 2.67. The highest BCUT2D eigenvalue weighted by Gasteiger charge is 2.35. The van der Waals surface area contributed by atoms with Crippen LogP contribution in [-0.4, -0.2) is 21.7 Å². The van der Waals surface area contributed by atoms with Crippen LogP contribution in [0.1, 0.15) is 26.3 Å². The van der Waals surface area contributed by atoms with Gasteiger partial charge in [0.15, 0.2) is 0 Å². The van der Waals surface area contributed by atoms with Crippen molar-refractivity contribution in [2.75, 3.05) is 0 Å². The summed E-state index contributed by atoms with van der Waals surface area (Å²) in [4.78, 5) is 29.1. The highest BCUT2D eigenvalue weighted by Crippen LogP contribution is 2.23. The van der Waals surface area contributed by atoms with Crippen LogP contribution in [0.5, 0.6) is 0 Å². The van der Waals surface area contributed by atoms with Gasteiger partial charge in [-0.3, -0.25) is 19.5 Å². The maximum atomic E-state index is 12.8. The first-order valence-electron chi connectivity index (χ1n) is 5.71. The summed E-state index contributed by atoms with van der Waals surface area (Å²) >= 11 is 0. The number of pyridine rings is 1. The Bertz CT molecular complexity index is 632. The summed E-state index contributed by atoms with van der Waals surface area (Å²) in [6, 6.07) is 7.23. The number of carbonyl (C=O) groups excluding carboxylic acids is 2. The largest absolute Gasteiger partial charge is 0.270 e. The number of amides is 2. The number of halogens is 1. The fourth-order valence-electron chi connectivity index (χ4n) is 2.05. The van der Waals surface area contributed by atoms with Gasteiger partial charge in [-0.1, -0.05) is 12.1 Å². The van der Waals surface area contributed by atoms with Gasteiger partial charge >= 0.3 is 0 Å². The van der Waals surface area contributed by atoms with Crippen LogP contribution in [0.15, 0.2) is 42.7 Å². The first-order valence-corrected chi connectivity index (χ1v) is 5.71. The number of fused-ring (bicyclic) bond motifs is 1. The molecule has 0 bridgehead atoms. The summed E-state index contributed by atoms with van der Waals surface area (Å²) < 4.78 is 12.8. The summed E-state index contributed by atoms with van der Waals surface area (Å²) in [6.07, 6.45) is 2.87. The summed E-state index contributed by atoms with van der Waals surface area (Å²) in [6.45, 7) is 0.132. The first kappa shape index (κ1) is 11.5. The van der Waals surface area contributed by atoms with Crippen molar-refractivity contribution in [3.05, 3.63) is 65.2 Å². The van der Waals surface area contributed by atoms with Crippen molar-refractivity contribution in [2.24, 2.45) is 0 Å². The fraction of sp³-hybridized carbons (Fsp3) is 0.0714. The van der Waals surface area contributed by atoms with E-state index in [0.717, 1.165) is 4.90 Å². The number of nitrogens with zero attached hydrogens (tertiary/aromatic N) is 2. The quantitative estimate of drug-likeness (QED) is 0.772. The second kappa shape index (κ2) is 4.28. The summed E-state index contributed by atoms with van der Waals surface area (Å²) in [5, 5.41) is 0. The molecule has 19 heavy (non-hydrogen) atoms. The van der Waals surface area contributed by atoms with Gasteiger partial charge in [0.2, 0.25) is 0 Å². The Morgan fingerprint density at radius 2 is 1.68 bits per heavy atom. The molecule has 3 rings (SSSR count). The smallest absolute Gasteiger partial charge is 0.263 e. The standard InChI is InChI=1S/C14H9FN2O2/c15-10-3-1-9(2-4-10)8-17-13(18)11-5-6-16-7-12(11)14(17)19/h1-7H,8H2. The van der Waals surface area contributed by atoms with Crippen LogP contribution in [-0.2, 0) is 6.54 Å². The number of imide groups is 1. The SMILES string of the molecule is O=C1c2ccncc2C(=O)N1Cc1ccc(F)cc1. The maximum Gasteiger partial charge on any atom is 0.263 e. The molecule has 0 saturated carbocycles.